The predicted octanol–water partition coefficient (Wildman–Crippen LogP) is 7.06. The van der Waals surface area contributed by atoms with Crippen LogP contribution in [0.5, 0.6) is 0 Å². The van der Waals surface area contributed by atoms with Crippen LogP contribution in [0, 0.1) is 40.7 Å². The van der Waals surface area contributed by atoms with Crippen LogP contribution in [-0.4, -0.2) is 37.0 Å². The fraction of sp³-hybridized carbons (Fsp3) is 1.00. The number of hydrogen-bond donors (Lipinski definition) is 0. The molecule has 0 aromatic carbocycles. The Morgan fingerprint density at radius 2 is 0.630 bits per heavy atom. The van der Waals surface area contributed by atoms with Gasteiger partial charge in [0, 0.05) is 15.8 Å². The first-order valence-electron chi connectivity index (χ1n) is 10.3. The summed E-state index contributed by atoms with van der Waals surface area (Å²) in [4.78, 5) is 0. The van der Waals surface area contributed by atoms with Gasteiger partial charge in [0.1, 0.15) is 0 Å². The Hall–Kier alpha value is 2.10. The van der Waals surface area contributed by atoms with Gasteiger partial charge in [-0.3, -0.25) is 0 Å². The predicted molar refractivity (Wildman–Crippen MR) is 126 cm³/mol. The van der Waals surface area contributed by atoms with E-state index >= 15 is 0 Å². The molecule has 0 aliphatic rings. The van der Waals surface area contributed by atoms with Crippen molar-refractivity contribution in [2.24, 2.45) is 21.7 Å². The molecule has 0 radical (unpaired) electrons. The third-order valence-electron chi connectivity index (χ3n) is 3.95. The second-order valence-corrected chi connectivity index (χ2v) is 21.2. The van der Waals surface area contributed by atoms with Gasteiger partial charge >= 0.3 is 35.0 Å². The van der Waals surface area contributed by atoms with Crippen LogP contribution in [-0.2, 0) is 15.9 Å². The molecule has 5 heteroatoms. The molecule has 0 atom stereocenters. The average molecular weight is 556 g/mol. The van der Waals surface area contributed by atoms with Gasteiger partial charge in [-0.1, -0.05) is 83.1 Å². The van der Waals surface area contributed by atoms with Crippen LogP contribution in [0.25, 0.3) is 0 Å². The van der Waals surface area contributed by atoms with Gasteiger partial charge in [-0.25, -0.2) is 0 Å². The molecule has 0 nitrogen and oxygen atoms in total. The van der Waals surface area contributed by atoms with E-state index < -0.39 is 0 Å². The molecule has 0 bridgehead atoms. The van der Waals surface area contributed by atoms with Gasteiger partial charge in [0.05, 0.1) is 37.0 Å². The Labute approximate surface area is 191 Å². The first kappa shape index (κ1) is 31.3. The molecule has 0 saturated heterocycles. The van der Waals surface area contributed by atoms with Crippen LogP contribution in [0.2, 0.25) is 0 Å². The first-order valence-corrected chi connectivity index (χ1v) is 18.9. The summed E-state index contributed by atoms with van der Waals surface area (Å²) < 4.78 is 0. The quantitative estimate of drug-likeness (QED) is 0.233. The Kier molecular flexibility index (Phi) is 15.6. The molecule has 0 saturated carbocycles. The molecule has 0 fully saturated rings. The molecule has 0 aliphatic heterocycles. The number of rotatable bonds is 7. The van der Waals surface area contributed by atoms with E-state index in [2.05, 4.69) is 102 Å². The van der Waals surface area contributed by atoms with E-state index in [0.717, 1.165) is 0 Å². The Morgan fingerprint density at radius 1 is 0.481 bits per heavy atom. The minimum atomic E-state index is -0.239. The first-order chi connectivity index (χ1) is 11.8. The number of hydrogen-bond acceptors (Lipinski definition) is 0. The van der Waals surface area contributed by atoms with Crippen molar-refractivity contribution in [2.45, 2.75) is 83.1 Å². The van der Waals surface area contributed by atoms with Gasteiger partial charge in [-0.2, -0.15) is 0 Å². The normalized spacial score (nSPS) is 13.9. The van der Waals surface area contributed by atoms with Crippen LogP contribution in [0.4, 0.5) is 0 Å². The van der Waals surface area contributed by atoms with Crippen LogP contribution >= 0.6 is 15.8 Å². The van der Waals surface area contributed by atoms with Crippen molar-refractivity contribution in [1.82, 2.24) is 0 Å². The monoisotopic (exact) mass is 554 g/mol. The summed E-state index contributed by atoms with van der Waals surface area (Å²) in [5, 5.41) is 0. The van der Waals surface area contributed by atoms with Gasteiger partial charge < -0.3 is 0 Å². The van der Waals surface area contributed by atoms with Crippen LogP contribution < -0.4 is 0 Å². The van der Waals surface area contributed by atoms with Gasteiger partial charge in [0.15, 0.2) is 0 Å². The summed E-state index contributed by atoms with van der Waals surface area (Å²) in [5.74, 6) is 0. The molecule has 0 unspecified atom stereocenters. The molecular formula is C22H52Cl2P2Pd+4. The molecule has 0 heterocycles. The standard InChI is InChI=1S/C22H48P2.2ClH.Pd/c1-19(2,3)15-23(16-20(4,5)6)13-14-24(17-21(7,8)9)18-22(10,11)12;;;/h13-18H2,1-12H3;2*1H;/q;;;+2/p+2. The maximum absolute atomic E-state index is 4.26. The van der Waals surface area contributed by atoms with Gasteiger partial charge in [-0.15, -0.1) is 0 Å². The van der Waals surface area contributed by atoms with Gasteiger partial charge in [0.2, 0.25) is 0 Å². The summed E-state index contributed by atoms with van der Waals surface area (Å²) in [7, 11) is 8.04. The van der Waals surface area contributed by atoms with Crippen molar-refractivity contribution in [1.29, 1.82) is 0 Å². The van der Waals surface area contributed by atoms with Crippen molar-refractivity contribution >= 4 is 15.8 Å². The molecule has 0 amide bonds. The van der Waals surface area contributed by atoms with Crippen molar-refractivity contribution in [2.75, 3.05) is 37.0 Å². The van der Waals surface area contributed by atoms with E-state index in [1.54, 1.807) is 12.3 Å². The second kappa shape index (κ2) is 13.5. The third-order valence-corrected chi connectivity index (χ3v) is 12.6. The molecule has 0 N–H and O–H groups in total. The molecule has 0 aromatic heterocycles. The number of halogens is 2. The fourth-order valence-electron chi connectivity index (χ4n) is 3.83. The van der Waals surface area contributed by atoms with Crippen molar-refractivity contribution in [3.63, 3.8) is 0 Å². The van der Waals surface area contributed by atoms with E-state index in [1.807, 2.05) is 0 Å². The Bertz CT molecular complexity index is 306. The van der Waals surface area contributed by atoms with Crippen LogP contribution in [0.3, 0.4) is 0 Å². The van der Waals surface area contributed by atoms with E-state index in [0.29, 0.717) is 21.7 Å². The van der Waals surface area contributed by atoms with Crippen molar-refractivity contribution < 1.29 is 35.0 Å². The average Bonchev–Trinajstić information content (AvgIpc) is 2.28. The summed E-state index contributed by atoms with van der Waals surface area (Å²) in [6.07, 6.45) is 9.04. The molecule has 0 aliphatic carbocycles. The zero-order valence-corrected chi connectivity index (χ0v) is 25.6. The van der Waals surface area contributed by atoms with E-state index in [9.17, 15) is 0 Å². The zero-order chi connectivity index (χ0) is 22.1. The molecule has 27 heavy (non-hydrogen) atoms. The van der Waals surface area contributed by atoms with Crippen LogP contribution in [0.1, 0.15) is 83.1 Å². The van der Waals surface area contributed by atoms with Crippen molar-refractivity contribution in [3.8, 4) is 0 Å². The minimum absolute atomic E-state index is 0.117. The molecule has 0 aromatic rings. The molecule has 0 rings (SSSR count). The molecular weight excluding hydrogens is 504 g/mol. The summed E-state index contributed by atoms with van der Waals surface area (Å²) in [6, 6.07) is 0. The van der Waals surface area contributed by atoms with E-state index in [-0.39, 0.29) is 31.8 Å². The SMILES string of the molecule is CC(C)(C)C[PH+](CC[PH+](CC(C)(C)C)CC(C)(C)C)CC(C)(C)C.[ClH+][Pd][ClH+]. The van der Waals surface area contributed by atoms with Gasteiger partial charge in [-0.05, 0) is 21.7 Å². The van der Waals surface area contributed by atoms with Crippen molar-refractivity contribution in [3.05, 3.63) is 0 Å². The summed E-state index contributed by atoms with van der Waals surface area (Å²) in [5.41, 5.74) is 2.00. The molecule has 170 valence electrons. The third kappa shape index (κ3) is 26.1. The van der Waals surface area contributed by atoms with E-state index in [4.69, 9.17) is 0 Å². The maximum atomic E-state index is 4.26. The van der Waals surface area contributed by atoms with Crippen LogP contribution in [0.15, 0.2) is 0 Å². The summed E-state index contributed by atoms with van der Waals surface area (Å²) in [6.45, 7) is 29.3. The Morgan fingerprint density at radius 3 is 0.741 bits per heavy atom. The van der Waals surface area contributed by atoms with E-state index in [1.165, 1.54) is 24.6 Å². The second-order valence-electron chi connectivity index (χ2n) is 13.0. The fourth-order valence-corrected chi connectivity index (χ4v) is 13.6. The molecule has 0 spiro atoms. The Balaban J connectivity index is 0. The summed E-state index contributed by atoms with van der Waals surface area (Å²) >= 11 is 0.117. The van der Waals surface area contributed by atoms with Gasteiger partial charge in [0.25, 0.3) is 0 Å². The topological polar surface area (TPSA) is 0 Å². The zero-order valence-electron chi connectivity index (χ0n) is 20.4.